The molecule has 1 unspecified atom stereocenters. The summed E-state index contributed by atoms with van der Waals surface area (Å²) in [5.74, 6) is -1.20. The van der Waals surface area contributed by atoms with Crippen LogP contribution in [-0.2, 0) is 9.53 Å². The van der Waals surface area contributed by atoms with Crippen LogP contribution >= 0.6 is 0 Å². The summed E-state index contributed by atoms with van der Waals surface area (Å²) >= 11 is 0. The van der Waals surface area contributed by atoms with E-state index in [1.165, 1.54) is 0 Å². The van der Waals surface area contributed by atoms with Gasteiger partial charge in [0.2, 0.25) is 0 Å². The summed E-state index contributed by atoms with van der Waals surface area (Å²) in [7, 11) is 0. The molecule has 1 aromatic rings. The summed E-state index contributed by atoms with van der Waals surface area (Å²) in [5, 5.41) is 34.3. The molecule has 0 aliphatic heterocycles. The van der Waals surface area contributed by atoms with E-state index in [4.69, 9.17) is 4.74 Å². The molecule has 1 aromatic carbocycles. The van der Waals surface area contributed by atoms with Crippen LogP contribution < -0.4 is 0 Å². The third-order valence-electron chi connectivity index (χ3n) is 9.81. The summed E-state index contributed by atoms with van der Waals surface area (Å²) in [6.45, 7) is 11.2. The Labute approximate surface area is 206 Å². The van der Waals surface area contributed by atoms with E-state index < -0.39 is 41.7 Å². The number of Topliss-reactive ketones (excluding diaryl/α,β-unsaturated/α-hetero) is 1. The fourth-order valence-electron chi connectivity index (χ4n) is 7.90. The molecule has 1 spiro atoms. The standard InChI is InChI=1S/C29H36O6/c1-14-8-7-9-15(2)21(14)26(33)35-25-16(3)12-28-17(4)10-20-22(27(20,5)6)19(24(28)32)11-18(13-30)23(31)29(25,28)34/h7-9,11-12,17,19-20,22-23,25,30-31,34H,10,13H2,1-6H3/t17-,19?,20-,22+,23-,25+,28+,29+/m1/s1. The number of allylic oxidation sites excluding steroid dienone is 1. The Morgan fingerprint density at radius 3 is 2.40 bits per heavy atom. The van der Waals surface area contributed by atoms with E-state index >= 15 is 0 Å². The van der Waals surface area contributed by atoms with Gasteiger partial charge >= 0.3 is 5.97 Å². The van der Waals surface area contributed by atoms with Crippen LogP contribution in [0, 0.1) is 48.3 Å². The van der Waals surface area contributed by atoms with Crippen molar-refractivity contribution in [3.05, 3.63) is 58.2 Å². The lowest BCUT2D eigenvalue weighted by Gasteiger charge is -2.48. The maximum Gasteiger partial charge on any atom is 0.339 e. The van der Waals surface area contributed by atoms with E-state index in [0.717, 1.165) is 17.5 Å². The number of carbonyl (C=O) groups is 2. The maximum absolute atomic E-state index is 14.4. The SMILES string of the molecule is CC1=C[C@]23C(=O)C(C=C(CO)[C@@H](O)[C@]2(O)[C@H]1OC(=O)c1c(C)cccc1C)[C@H]1[C@@H](C[C@H]3C)C1(C)C. The van der Waals surface area contributed by atoms with E-state index in [1.807, 2.05) is 39.0 Å². The van der Waals surface area contributed by atoms with E-state index in [0.29, 0.717) is 17.1 Å². The molecule has 0 radical (unpaired) electrons. The summed E-state index contributed by atoms with van der Waals surface area (Å²) in [4.78, 5) is 27.8. The summed E-state index contributed by atoms with van der Waals surface area (Å²) in [6, 6.07) is 5.50. The Bertz CT molecular complexity index is 1160. The van der Waals surface area contributed by atoms with Crippen molar-refractivity contribution < 1.29 is 29.6 Å². The highest BCUT2D eigenvalue weighted by molar-refractivity contribution is 5.96. The van der Waals surface area contributed by atoms with Gasteiger partial charge in [0, 0.05) is 5.92 Å². The Hall–Kier alpha value is -2.28. The fourth-order valence-corrected chi connectivity index (χ4v) is 7.90. The van der Waals surface area contributed by atoms with Gasteiger partial charge in [-0.2, -0.15) is 0 Å². The minimum absolute atomic E-state index is 0.0355. The van der Waals surface area contributed by atoms with Gasteiger partial charge < -0.3 is 20.1 Å². The predicted octanol–water partition coefficient (Wildman–Crippen LogP) is 3.30. The van der Waals surface area contributed by atoms with Crippen molar-refractivity contribution >= 4 is 11.8 Å². The van der Waals surface area contributed by atoms with Crippen molar-refractivity contribution in [3.8, 4) is 0 Å². The molecule has 3 N–H and O–H groups in total. The van der Waals surface area contributed by atoms with Crippen LogP contribution in [-0.4, -0.2) is 51.5 Å². The van der Waals surface area contributed by atoms with Crippen molar-refractivity contribution in [1.29, 1.82) is 0 Å². The highest BCUT2D eigenvalue weighted by atomic mass is 16.6. The van der Waals surface area contributed by atoms with Gasteiger partial charge in [-0.15, -0.1) is 0 Å². The molecule has 5 rings (SSSR count). The van der Waals surface area contributed by atoms with Gasteiger partial charge in [-0.25, -0.2) is 4.79 Å². The highest BCUT2D eigenvalue weighted by Crippen LogP contribution is 2.71. The highest BCUT2D eigenvalue weighted by Gasteiger charge is 2.76. The number of hydrogen-bond acceptors (Lipinski definition) is 6. The van der Waals surface area contributed by atoms with Gasteiger partial charge in [-0.3, -0.25) is 4.79 Å². The summed E-state index contributed by atoms with van der Waals surface area (Å²) < 4.78 is 5.99. The van der Waals surface area contributed by atoms with Gasteiger partial charge in [0.15, 0.2) is 17.5 Å². The number of ether oxygens (including phenoxy) is 1. The van der Waals surface area contributed by atoms with Crippen molar-refractivity contribution in [2.45, 2.75) is 65.8 Å². The summed E-state index contributed by atoms with van der Waals surface area (Å²) in [6.07, 6.45) is 1.37. The first-order chi connectivity index (χ1) is 16.3. The van der Waals surface area contributed by atoms with Crippen LogP contribution in [0.25, 0.3) is 0 Å². The molecule has 6 nitrogen and oxygen atoms in total. The largest absolute Gasteiger partial charge is 0.451 e. The zero-order chi connectivity index (χ0) is 25.7. The van der Waals surface area contributed by atoms with Crippen LogP contribution in [0.15, 0.2) is 41.5 Å². The lowest BCUT2D eigenvalue weighted by molar-refractivity contribution is -0.190. The van der Waals surface area contributed by atoms with E-state index in [9.17, 15) is 24.9 Å². The third kappa shape index (κ3) is 2.93. The number of fused-ring (bicyclic) bond motifs is 3. The second-order valence-corrected chi connectivity index (χ2v) is 11.9. The molecule has 0 amide bonds. The molecule has 6 heteroatoms. The molecule has 0 aromatic heterocycles. The van der Waals surface area contributed by atoms with Gasteiger partial charge in [-0.1, -0.05) is 51.1 Å². The first kappa shape index (κ1) is 24.4. The number of benzene rings is 1. The minimum Gasteiger partial charge on any atom is -0.451 e. The lowest BCUT2D eigenvalue weighted by Crippen LogP contribution is -2.65. The zero-order valence-electron chi connectivity index (χ0n) is 21.3. The topological polar surface area (TPSA) is 104 Å². The Balaban J connectivity index is 1.65. The number of aliphatic hydroxyl groups excluding tert-OH is 2. The number of rotatable bonds is 3. The molecular weight excluding hydrogens is 444 g/mol. The van der Waals surface area contributed by atoms with Gasteiger partial charge in [0.1, 0.15) is 6.10 Å². The fraction of sp³-hybridized carbons (Fsp3) is 0.586. The van der Waals surface area contributed by atoms with E-state index in [-0.39, 0.29) is 28.6 Å². The van der Waals surface area contributed by atoms with Crippen molar-refractivity contribution in [2.75, 3.05) is 6.61 Å². The molecule has 2 fully saturated rings. The van der Waals surface area contributed by atoms with Crippen LogP contribution in [0.2, 0.25) is 0 Å². The van der Waals surface area contributed by atoms with Crippen LogP contribution in [0.5, 0.6) is 0 Å². The van der Waals surface area contributed by atoms with Crippen molar-refractivity contribution in [2.24, 2.45) is 34.5 Å². The molecule has 0 saturated heterocycles. The zero-order valence-corrected chi connectivity index (χ0v) is 21.3. The average Bonchev–Trinajstić information content (AvgIpc) is 3.27. The predicted molar refractivity (Wildman–Crippen MR) is 130 cm³/mol. The van der Waals surface area contributed by atoms with Gasteiger partial charge in [-0.05, 0) is 72.6 Å². The maximum atomic E-state index is 14.4. The second-order valence-electron chi connectivity index (χ2n) is 11.9. The molecule has 2 bridgehead atoms. The number of hydrogen-bond donors (Lipinski definition) is 3. The van der Waals surface area contributed by atoms with E-state index in [2.05, 4.69) is 13.8 Å². The average molecular weight is 481 g/mol. The quantitative estimate of drug-likeness (QED) is 0.453. The van der Waals surface area contributed by atoms with E-state index in [1.54, 1.807) is 19.1 Å². The Morgan fingerprint density at radius 2 is 1.80 bits per heavy atom. The second kappa shape index (κ2) is 7.61. The minimum atomic E-state index is -2.12. The normalized spacial score (nSPS) is 41.1. The Kier molecular flexibility index (Phi) is 5.31. The number of carbonyl (C=O) groups excluding carboxylic acids is 2. The number of aryl methyl sites for hydroxylation is 2. The number of ketones is 1. The van der Waals surface area contributed by atoms with Crippen LogP contribution in [0.1, 0.15) is 55.6 Å². The number of aliphatic hydroxyl groups is 3. The smallest absolute Gasteiger partial charge is 0.339 e. The van der Waals surface area contributed by atoms with Crippen molar-refractivity contribution in [1.82, 2.24) is 0 Å². The molecule has 8 atom stereocenters. The first-order valence-corrected chi connectivity index (χ1v) is 12.6. The molecular formula is C29H36O6. The molecule has 4 aliphatic rings. The molecule has 35 heavy (non-hydrogen) atoms. The first-order valence-electron chi connectivity index (χ1n) is 12.6. The third-order valence-corrected chi connectivity index (χ3v) is 9.81. The molecule has 188 valence electrons. The van der Waals surface area contributed by atoms with Crippen LogP contribution in [0.3, 0.4) is 0 Å². The van der Waals surface area contributed by atoms with Gasteiger partial charge in [0.25, 0.3) is 0 Å². The molecule has 2 saturated carbocycles. The summed E-state index contributed by atoms with van der Waals surface area (Å²) in [5.41, 5.74) is -0.935. The lowest BCUT2D eigenvalue weighted by atomic mass is 9.59. The Morgan fingerprint density at radius 1 is 1.17 bits per heavy atom. The van der Waals surface area contributed by atoms with Crippen molar-refractivity contribution in [3.63, 3.8) is 0 Å². The molecule has 0 heterocycles. The molecule has 4 aliphatic carbocycles. The monoisotopic (exact) mass is 480 g/mol. The number of esters is 1. The van der Waals surface area contributed by atoms with Gasteiger partial charge in [0.05, 0.1) is 17.6 Å². The van der Waals surface area contributed by atoms with Crippen LogP contribution in [0.4, 0.5) is 0 Å².